The highest BCUT2D eigenvalue weighted by atomic mass is 16.7. The largest absolute Gasteiger partial charge is 0.346 e. The lowest BCUT2D eigenvalue weighted by molar-refractivity contribution is -0.266. The lowest BCUT2D eigenvalue weighted by atomic mass is 10.4. The Morgan fingerprint density at radius 3 is 1.00 bits per heavy atom. The minimum absolute atomic E-state index is 1.51. The number of hydrogen-bond donors (Lipinski definition) is 6. The van der Waals surface area contributed by atoms with Crippen molar-refractivity contribution < 1.29 is 30.6 Å². The van der Waals surface area contributed by atoms with E-state index >= 15 is 0 Å². The molecule has 0 aromatic heterocycles. The maximum absolute atomic E-state index is 8.22. The van der Waals surface area contributed by atoms with Gasteiger partial charge in [-0.15, -0.1) is 0 Å². The summed E-state index contributed by atoms with van der Waals surface area (Å²) in [4.78, 5) is 0. The van der Waals surface area contributed by atoms with Gasteiger partial charge in [0.15, 0.2) is 0 Å². The van der Waals surface area contributed by atoms with Crippen molar-refractivity contribution in [1.82, 2.24) is 0 Å². The van der Waals surface area contributed by atoms with Crippen LogP contribution in [0, 0.1) is 35.5 Å². The fourth-order valence-corrected chi connectivity index (χ4v) is 0.293. The Morgan fingerprint density at radius 2 is 0.786 bits per heavy atom. The van der Waals surface area contributed by atoms with Crippen LogP contribution in [0.15, 0.2) is 0 Å². The summed E-state index contributed by atoms with van der Waals surface area (Å²) >= 11 is 0. The van der Waals surface area contributed by atoms with Crippen molar-refractivity contribution in [1.29, 1.82) is 0 Å². The zero-order chi connectivity index (χ0) is 11.2. The van der Waals surface area contributed by atoms with Crippen LogP contribution in [0.2, 0.25) is 0 Å². The second-order valence-electron chi connectivity index (χ2n) is 2.02. The summed E-state index contributed by atoms with van der Waals surface area (Å²) in [5.74, 6) is 4.20. The Hall–Kier alpha value is -1.56. The number of aliphatic hydroxyl groups is 6. The molecule has 0 heterocycles. The van der Waals surface area contributed by atoms with E-state index in [0.717, 1.165) is 0 Å². The van der Waals surface area contributed by atoms with Crippen LogP contribution in [0.3, 0.4) is 0 Å². The van der Waals surface area contributed by atoms with Crippen molar-refractivity contribution in [2.24, 2.45) is 0 Å². The van der Waals surface area contributed by atoms with Gasteiger partial charge in [-0.1, -0.05) is 0 Å². The molecule has 0 amide bonds. The average Bonchev–Trinajstić information content (AvgIpc) is 1.92. The number of hydrogen-bond acceptors (Lipinski definition) is 6. The van der Waals surface area contributed by atoms with E-state index in [1.165, 1.54) is 11.8 Å². The first kappa shape index (κ1) is 12.4. The normalized spacial score (nSPS) is 9.86. The summed E-state index contributed by atoms with van der Waals surface area (Å²) in [5.41, 5.74) is 0. The smallest absolute Gasteiger partial charge is 0.333 e. The first-order valence-electron chi connectivity index (χ1n) is 3.09. The van der Waals surface area contributed by atoms with Crippen LogP contribution in [0.25, 0.3) is 0 Å². The van der Waals surface area contributed by atoms with Crippen LogP contribution in [0.1, 0.15) is 0 Å². The molecular formula is C8H6O6. The fourth-order valence-electron chi connectivity index (χ4n) is 0.293. The topological polar surface area (TPSA) is 121 Å². The van der Waals surface area contributed by atoms with Crippen molar-refractivity contribution in [3.05, 3.63) is 0 Å². The molecule has 0 atom stereocenters. The van der Waals surface area contributed by atoms with Gasteiger partial charge in [0.1, 0.15) is 0 Å². The van der Waals surface area contributed by atoms with Crippen LogP contribution in [-0.2, 0) is 0 Å². The molecule has 0 aromatic rings. The van der Waals surface area contributed by atoms with Gasteiger partial charge in [-0.25, -0.2) is 0 Å². The molecule has 74 valence electrons. The van der Waals surface area contributed by atoms with Gasteiger partial charge in [0.05, 0.1) is 0 Å². The molecule has 0 aliphatic carbocycles. The van der Waals surface area contributed by atoms with Crippen molar-refractivity contribution in [3.63, 3.8) is 0 Å². The van der Waals surface area contributed by atoms with E-state index in [0.29, 0.717) is 0 Å². The summed E-state index contributed by atoms with van der Waals surface area (Å²) in [6.45, 7) is 0. The molecule has 0 saturated heterocycles. The maximum Gasteiger partial charge on any atom is 0.346 e. The van der Waals surface area contributed by atoms with E-state index in [1.807, 2.05) is 11.8 Å². The molecule has 0 saturated carbocycles. The molecule has 0 rings (SSSR count). The first-order valence-corrected chi connectivity index (χ1v) is 3.09. The van der Waals surface area contributed by atoms with Gasteiger partial charge in [-0.3, -0.25) is 0 Å². The molecule has 6 nitrogen and oxygen atoms in total. The Morgan fingerprint density at radius 1 is 0.500 bits per heavy atom. The maximum atomic E-state index is 8.22. The van der Waals surface area contributed by atoms with Crippen LogP contribution >= 0.6 is 0 Å². The highest BCUT2D eigenvalue weighted by Gasteiger charge is 2.12. The second kappa shape index (κ2) is 4.61. The third kappa shape index (κ3) is 10.4. The summed E-state index contributed by atoms with van der Waals surface area (Å²) in [6, 6.07) is 0. The standard InChI is InChI=1S/C8H6O6/c9-7(10,11)5-3-1-2-4-6-8(12,13)14/h9-14H. The van der Waals surface area contributed by atoms with Crippen LogP contribution in [0.5, 0.6) is 0 Å². The highest BCUT2D eigenvalue weighted by Crippen LogP contribution is 1.86. The minimum Gasteiger partial charge on any atom is -0.333 e. The molecule has 0 radical (unpaired) electrons. The van der Waals surface area contributed by atoms with Crippen LogP contribution in [-0.4, -0.2) is 42.6 Å². The Labute approximate surface area is 79.1 Å². The molecule has 0 unspecified atom stereocenters. The molecule has 0 aliphatic rings. The first-order chi connectivity index (χ1) is 6.21. The third-order valence-electron chi connectivity index (χ3n) is 0.648. The molecule has 0 bridgehead atoms. The van der Waals surface area contributed by atoms with Crippen molar-refractivity contribution >= 4 is 0 Å². The van der Waals surface area contributed by atoms with E-state index < -0.39 is 11.9 Å². The van der Waals surface area contributed by atoms with Crippen molar-refractivity contribution in [2.75, 3.05) is 0 Å². The summed E-state index contributed by atoms with van der Waals surface area (Å²) < 4.78 is 0. The zero-order valence-corrected chi connectivity index (χ0v) is 6.68. The predicted octanol–water partition coefficient (Wildman–Crippen LogP) is -3.74. The quantitative estimate of drug-likeness (QED) is 0.176. The molecule has 0 fully saturated rings. The molecular weight excluding hydrogens is 192 g/mol. The van der Waals surface area contributed by atoms with Gasteiger partial charge in [0.25, 0.3) is 0 Å². The van der Waals surface area contributed by atoms with Crippen molar-refractivity contribution in [3.8, 4) is 35.5 Å². The molecule has 0 spiro atoms. The lowest BCUT2D eigenvalue weighted by Gasteiger charge is -2.01. The van der Waals surface area contributed by atoms with Gasteiger partial charge in [-0.2, -0.15) is 0 Å². The lowest BCUT2D eigenvalue weighted by Crippen LogP contribution is -2.24. The highest BCUT2D eigenvalue weighted by molar-refractivity contribution is 5.36. The molecule has 0 aromatic carbocycles. The minimum atomic E-state index is -3.13. The van der Waals surface area contributed by atoms with Gasteiger partial charge in [0.2, 0.25) is 0 Å². The van der Waals surface area contributed by atoms with Gasteiger partial charge in [0, 0.05) is 11.8 Å². The predicted molar refractivity (Wildman–Crippen MR) is 42.1 cm³/mol. The third-order valence-corrected chi connectivity index (χ3v) is 0.648. The monoisotopic (exact) mass is 198 g/mol. The average molecular weight is 198 g/mol. The second-order valence-corrected chi connectivity index (χ2v) is 2.02. The van der Waals surface area contributed by atoms with E-state index in [4.69, 9.17) is 30.6 Å². The van der Waals surface area contributed by atoms with Gasteiger partial charge < -0.3 is 30.6 Å². The van der Waals surface area contributed by atoms with Crippen LogP contribution in [0.4, 0.5) is 0 Å². The van der Waals surface area contributed by atoms with E-state index in [1.54, 1.807) is 11.8 Å². The van der Waals surface area contributed by atoms with Gasteiger partial charge in [-0.05, 0) is 23.7 Å². The SMILES string of the molecule is OC(O)(O)C#CC#CC#CC(O)(O)O. The molecule has 14 heavy (non-hydrogen) atoms. The van der Waals surface area contributed by atoms with E-state index in [2.05, 4.69) is 0 Å². The summed E-state index contributed by atoms with van der Waals surface area (Å²) in [6.07, 6.45) is 0. The Kier molecular flexibility index (Phi) is 4.10. The summed E-state index contributed by atoms with van der Waals surface area (Å²) in [5, 5.41) is 49.3. The van der Waals surface area contributed by atoms with Crippen LogP contribution < -0.4 is 0 Å². The fraction of sp³-hybridized carbons (Fsp3) is 0.250. The Balaban J connectivity index is 4.32. The van der Waals surface area contributed by atoms with Crippen molar-refractivity contribution in [2.45, 2.75) is 11.9 Å². The molecule has 6 heteroatoms. The summed E-state index contributed by atoms with van der Waals surface area (Å²) in [7, 11) is 0. The van der Waals surface area contributed by atoms with E-state index in [-0.39, 0.29) is 0 Å². The molecule has 6 N–H and O–H groups in total. The Bertz CT molecular complexity index is 328. The van der Waals surface area contributed by atoms with Gasteiger partial charge >= 0.3 is 11.9 Å². The number of rotatable bonds is 0. The van der Waals surface area contributed by atoms with E-state index in [9.17, 15) is 0 Å². The molecule has 0 aliphatic heterocycles. The zero-order valence-electron chi connectivity index (χ0n) is 6.68.